The van der Waals surface area contributed by atoms with Crippen LogP contribution in [-0.4, -0.2) is 33.9 Å². The zero-order chi connectivity index (χ0) is 16.5. The van der Waals surface area contributed by atoms with Crippen LogP contribution in [0.3, 0.4) is 0 Å². The highest BCUT2D eigenvalue weighted by Crippen LogP contribution is 2.10. The fourth-order valence-corrected chi connectivity index (χ4v) is 2.34. The summed E-state index contributed by atoms with van der Waals surface area (Å²) < 4.78 is 0. The molecular weight excluding hydrogens is 288 g/mol. The Morgan fingerprint density at radius 2 is 1.87 bits per heavy atom. The predicted molar refractivity (Wildman–Crippen MR) is 92.3 cm³/mol. The van der Waals surface area contributed by atoms with Gasteiger partial charge in [-0.05, 0) is 37.1 Å². The van der Waals surface area contributed by atoms with Crippen LogP contribution in [0.15, 0.2) is 42.7 Å². The Bertz CT molecular complexity index is 592. The Morgan fingerprint density at radius 3 is 2.43 bits per heavy atom. The molecule has 2 aromatic heterocycles. The second-order valence-electron chi connectivity index (χ2n) is 5.40. The van der Waals surface area contributed by atoms with Crippen molar-refractivity contribution in [3.8, 4) is 0 Å². The maximum Gasteiger partial charge on any atom is 0.272 e. The van der Waals surface area contributed by atoms with Crippen LogP contribution >= 0.6 is 0 Å². The van der Waals surface area contributed by atoms with E-state index >= 15 is 0 Å². The SMILES string of the molecule is CCCN(CCC)C(=O)c1ccc(NCc2ccccn2)cn1. The average molecular weight is 312 g/mol. The third-order valence-electron chi connectivity index (χ3n) is 3.46. The van der Waals surface area contributed by atoms with Gasteiger partial charge in [0.15, 0.2) is 0 Å². The maximum absolute atomic E-state index is 12.4. The lowest BCUT2D eigenvalue weighted by atomic mass is 10.2. The molecule has 0 saturated carbocycles. The molecule has 0 saturated heterocycles. The van der Waals surface area contributed by atoms with E-state index in [0.717, 1.165) is 37.3 Å². The first-order chi connectivity index (χ1) is 11.2. The smallest absolute Gasteiger partial charge is 0.272 e. The van der Waals surface area contributed by atoms with E-state index in [1.54, 1.807) is 18.5 Å². The van der Waals surface area contributed by atoms with Gasteiger partial charge in [-0.25, -0.2) is 4.98 Å². The number of aromatic nitrogens is 2. The first-order valence-corrected chi connectivity index (χ1v) is 8.13. The first kappa shape index (κ1) is 16.9. The number of nitrogens with one attached hydrogen (secondary N) is 1. The molecule has 23 heavy (non-hydrogen) atoms. The van der Waals surface area contributed by atoms with E-state index in [1.165, 1.54) is 0 Å². The molecule has 0 fully saturated rings. The van der Waals surface area contributed by atoms with Gasteiger partial charge in [-0.2, -0.15) is 0 Å². The van der Waals surface area contributed by atoms with Gasteiger partial charge < -0.3 is 10.2 Å². The minimum Gasteiger partial charge on any atom is -0.378 e. The molecule has 0 unspecified atom stereocenters. The standard InChI is InChI=1S/C18H24N4O/c1-3-11-22(12-4-2)18(23)17-9-8-16(14-21-17)20-13-15-7-5-6-10-19-15/h5-10,14,20H,3-4,11-13H2,1-2H3. The van der Waals surface area contributed by atoms with E-state index < -0.39 is 0 Å². The molecule has 2 aromatic rings. The second kappa shape index (κ2) is 8.88. The van der Waals surface area contributed by atoms with E-state index in [2.05, 4.69) is 29.1 Å². The number of pyridine rings is 2. The zero-order valence-electron chi connectivity index (χ0n) is 13.8. The Labute approximate surface area is 137 Å². The lowest BCUT2D eigenvalue weighted by Crippen LogP contribution is -2.33. The highest BCUT2D eigenvalue weighted by Gasteiger charge is 2.15. The lowest BCUT2D eigenvalue weighted by Gasteiger charge is -2.21. The highest BCUT2D eigenvalue weighted by atomic mass is 16.2. The molecule has 0 atom stereocenters. The van der Waals surface area contributed by atoms with Gasteiger partial charge in [-0.3, -0.25) is 9.78 Å². The van der Waals surface area contributed by atoms with Crippen molar-refractivity contribution in [2.45, 2.75) is 33.2 Å². The fourth-order valence-electron chi connectivity index (χ4n) is 2.34. The van der Waals surface area contributed by atoms with Crippen molar-refractivity contribution in [3.05, 3.63) is 54.1 Å². The number of hydrogen-bond acceptors (Lipinski definition) is 4. The molecule has 0 bridgehead atoms. The van der Waals surface area contributed by atoms with E-state index in [9.17, 15) is 4.79 Å². The highest BCUT2D eigenvalue weighted by molar-refractivity contribution is 5.92. The zero-order valence-corrected chi connectivity index (χ0v) is 13.8. The number of anilines is 1. The van der Waals surface area contributed by atoms with E-state index in [0.29, 0.717) is 12.2 Å². The van der Waals surface area contributed by atoms with Gasteiger partial charge in [-0.15, -0.1) is 0 Å². The number of carbonyl (C=O) groups is 1. The van der Waals surface area contributed by atoms with E-state index in [1.807, 2.05) is 29.2 Å². The number of nitrogens with zero attached hydrogens (tertiary/aromatic N) is 3. The van der Waals surface area contributed by atoms with Crippen LogP contribution in [0.25, 0.3) is 0 Å². The number of amides is 1. The maximum atomic E-state index is 12.4. The molecule has 0 radical (unpaired) electrons. The summed E-state index contributed by atoms with van der Waals surface area (Å²) in [5, 5.41) is 3.26. The largest absolute Gasteiger partial charge is 0.378 e. The monoisotopic (exact) mass is 312 g/mol. The van der Waals surface area contributed by atoms with E-state index in [4.69, 9.17) is 0 Å². The molecule has 2 heterocycles. The van der Waals surface area contributed by atoms with Crippen LogP contribution in [0.1, 0.15) is 42.9 Å². The molecule has 0 aliphatic rings. The van der Waals surface area contributed by atoms with Crippen molar-refractivity contribution in [1.29, 1.82) is 0 Å². The first-order valence-electron chi connectivity index (χ1n) is 8.13. The van der Waals surface area contributed by atoms with Gasteiger partial charge in [0.05, 0.1) is 24.1 Å². The molecule has 1 amide bonds. The third kappa shape index (κ3) is 5.06. The summed E-state index contributed by atoms with van der Waals surface area (Å²) in [6.45, 7) is 6.33. The quantitative estimate of drug-likeness (QED) is 0.812. The summed E-state index contributed by atoms with van der Waals surface area (Å²) in [4.78, 5) is 22.9. The summed E-state index contributed by atoms with van der Waals surface area (Å²) in [5.41, 5.74) is 2.34. The van der Waals surface area contributed by atoms with Gasteiger partial charge in [0, 0.05) is 19.3 Å². The van der Waals surface area contributed by atoms with Crippen molar-refractivity contribution in [1.82, 2.24) is 14.9 Å². The predicted octanol–water partition coefficient (Wildman–Crippen LogP) is 3.35. The van der Waals surface area contributed by atoms with Crippen LogP contribution in [0.4, 0.5) is 5.69 Å². The van der Waals surface area contributed by atoms with Gasteiger partial charge in [-0.1, -0.05) is 19.9 Å². The molecular formula is C18H24N4O. The number of rotatable bonds is 8. The topological polar surface area (TPSA) is 58.1 Å². The lowest BCUT2D eigenvalue weighted by molar-refractivity contribution is 0.0749. The Hall–Kier alpha value is -2.43. The summed E-state index contributed by atoms with van der Waals surface area (Å²) >= 11 is 0. The van der Waals surface area contributed by atoms with Gasteiger partial charge in [0.25, 0.3) is 5.91 Å². The third-order valence-corrected chi connectivity index (χ3v) is 3.46. The summed E-state index contributed by atoms with van der Waals surface area (Å²) in [5.74, 6) is 0.00461. The number of hydrogen-bond donors (Lipinski definition) is 1. The summed E-state index contributed by atoms with van der Waals surface area (Å²) in [7, 11) is 0. The Morgan fingerprint density at radius 1 is 1.09 bits per heavy atom. The van der Waals surface area contributed by atoms with Crippen molar-refractivity contribution < 1.29 is 4.79 Å². The van der Waals surface area contributed by atoms with Gasteiger partial charge >= 0.3 is 0 Å². The van der Waals surface area contributed by atoms with Crippen LogP contribution in [-0.2, 0) is 6.54 Å². The fraction of sp³-hybridized carbons (Fsp3) is 0.389. The van der Waals surface area contributed by atoms with Crippen molar-refractivity contribution in [2.24, 2.45) is 0 Å². The Kier molecular flexibility index (Phi) is 6.54. The van der Waals surface area contributed by atoms with Crippen LogP contribution in [0.5, 0.6) is 0 Å². The van der Waals surface area contributed by atoms with Crippen LogP contribution < -0.4 is 5.32 Å². The van der Waals surface area contributed by atoms with Gasteiger partial charge in [0.2, 0.25) is 0 Å². The van der Waals surface area contributed by atoms with Crippen molar-refractivity contribution in [3.63, 3.8) is 0 Å². The molecule has 5 nitrogen and oxygen atoms in total. The summed E-state index contributed by atoms with van der Waals surface area (Å²) in [6, 6.07) is 9.48. The molecule has 5 heteroatoms. The molecule has 0 aliphatic heterocycles. The van der Waals surface area contributed by atoms with Crippen LogP contribution in [0.2, 0.25) is 0 Å². The number of carbonyl (C=O) groups excluding carboxylic acids is 1. The second-order valence-corrected chi connectivity index (χ2v) is 5.40. The molecule has 0 aliphatic carbocycles. The average Bonchev–Trinajstić information content (AvgIpc) is 2.60. The molecule has 122 valence electrons. The van der Waals surface area contributed by atoms with Crippen LogP contribution in [0, 0.1) is 0 Å². The normalized spacial score (nSPS) is 10.3. The minimum atomic E-state index is 0.00461. The van der Waals surface area contributed by atoms with E-state index in [-0.39, 0.29) is 5.91 Å². The molecule has 1 N–H and O–H groups in total. The molecule has 0 aromatic carbocycles. The summed E-state index contributed by atoms with van der Waals surface area (Å²) in [6.07, 6.45) is 5.38. The minimum absolute atomic E-state index is 0.00461. The van der Waals surface area contributed by atoms with Crippen molar-refractivity contribution >= 4 is 11.6 Å². The molecule has 0 spiro atoms. The molecule has 2 rings (SSSR count). The van der Waals surface area contributed by atoms with Gasteiger partial charge in [0.1, 0.15) is 5.69 Å². The Balaban J connectivity index is 1.96. The van der Waals surface area contributed by atoms with Crippen molar-refractivity contribution in [2.75, 3.05) is 18.4 Å².